The minimum Gasteiger partial charge on any atom is -0.598 e. The molecule has 0 bridgehead atoms. The first-order valence-electron chi connectivity index (χ1n) is 7.17. The normalized spacial score (nSPS) is 15.3. The number of halogens is 3. The third-order valence-electron chi connectivity index (χ3n) is 3.14. The van der Waals surface area contributed by atoms with Crippen LogP contribution in [0.1, 0.15) is 45.2 Å². The van der Waals surface area contributed by atoms with E-state index in [1.165, 1.54) is 12.1 Å². The van der Waals surface area contributed by atoms with E-state index in [0.29, 0.717) is 5.76 Å². The van der Waals surface area contributed by atoms with E-state index < -0.39 is 34.0 Å². The van der Waals surface area contributed by atoms with Crippen LogP contribution >= 0.6 is 0 Å². The summed E-state index contributed by atoms with van der Waals surface area (Å²) in [6.45, 7) is 7.21. The van der Waals surface area contributed by atoms with E-state index in [1.807, 2.05) is 20.8 Å². The van der Waals surface area contributed by atoms with Crippen LogP contribution in [0.15, 0.2) is 28.9 Å². The van der Waals surface area contributed by atoms with Gasteiger partial charge in [-0.2, -0.15) is 13.2 Å². The summed E-state index contributed by atoms with van der Waals surface area (Å²) in [4.78, 5) is 3.31. The summed E-state index contributed by atoms with van der Waals surface area (Å²) >= 11 is -1.32. The Morgan fingerprint density at radius 3 is 2.50 bits per heavy atom. The van der Waals surface area contributed by atoms with Gasteiger partial charge in [-0.1, -0.05) is 5.16 Å². The highest BCUT2D eigenvalue weighted by molar-refractivity contribution is 7.90. The number of hydrogen-bond donors (Lipinski definition) is 1. The third-order valence-corrected chi connectivity index (χ3v) is 4.82. The Balaban J connectivity index is 2.19. The fraction of sp³-hybridized carbons (Fsp3) is 0.467. The summed E-state index contributed by atoms with van der Waals surface area (Å²) in [7, 11) is 0. The molecule has 2 aromatic rings. The topological polar surface area (TPSA) is 74.0 Å². The van der Waals surface area contributed by atoms with Gasteiger partial charge in [0.2, 0.25) is 0 Å². The van der Waals surface area contributed by atoms with Crippen molar-refractivity contribution in [3.8, 4) is 11.3 Å². The second-order valence-corrected chi connectivity index (χ2v) is 8.26. The van der Waals surface area contributed by atoms with E-state index in [1.54, 1.807) is 6.92 Å². The van der Waals surface area contributed by atoms with Crippen LogP contribution in [0.4, 0.5) is 13.2 Å². The lowest BCUT2D eigenvalue weighted by molar-refractivity contribution is -0.141. The third kappa shape index (κ3) is 4.49. The van der Waals surface area contributed by atoms with Gasteiger partial charge in [0.25, 0.3) is 0 Å². The Hall–Kier alpha value is -1.58. The molecule has 24 heavy (non-hydrogen) atoms. The van der Waals surface area contributed by atoms with Gasteiger partial charge in [0, 0.05) is 29.2 Å². The molecule has 0 spiro atoms. The fourth-order valence-corrected chi connectivity index (χ4v) is 2.56. The van der Waals surface area contributed by atoms with Crippen molar-refractivity contribution in [2.45, 2.75) is 44.7 Å². The Morgan fingerprint density at radius 1 is 1.25 bits per heavy atom. The van der Waals surface area contributed by atoms with Gasteiger partial charge in [-0.15, -0.1) is 4.72 Å². The Labute approximate surface area is 141 Å². The lowest BCUT2D eigenvalue weighted by Crippen LogP contribution is -2.40. The van der Waals surface area contributed by atoms with Gasteiger partial charge in [0.1, 0.15) is 22.2 Å². The van der Waals surface area contributed by atoms with Crippen molar-refractivity contribution in [2.24, 2.45) is 0 Å². The molecule has 2 aromatic heterocycles. The summed E-state index contributed by atoms with van der Waals surface area (Å²) in [5.41, 5.74) is -0.492. The maximum Gasteiger partial charge on any atom is 0.433 e. The van der Waals surface area contributed by atoms with Crippen molar-refractivity contribution in [2.75, 3.05) is 0 Å². The molecular weight excluding hydrogens is 343 g/mol. The van der Waals surface area contributed by atoms with Gasteiger partial charge in [0.15, 0.2) is 5.76 Å². The van der Waals surface area contributed by atoms with Crippen LogP contribution in [0.25, 0.3) is 11.3 Å². The van der Waals surface area contributed by atoms with Crippen LogP contribution in [-0.2, 0) is 17.5 Å². The van der Waals surface area contributed by atoms with Crippen LogP contribution < -0.4 is 4.72 Å². The quantitative estimate of drug-likeness (QED) is 0.837. The van der Waals surface area contributed by atoms with Crippen molar-refractivity contribution in [3.63, 3.8) is 0 Å². The molecule has 132 valence electrons. The first-order valence-corrected chi connectivity index (χ1v) is 8.32. The van der Waals surface area contributed by atoms with Crippen molar-refractivity contribution >= 4 is 11.4 Å². The predicted octanol–water partition coefficient (Wildman–Crippen LogP) is 3.87. The van der Waals surface area contributed by atoms with E-state index in [4.69, 9.17) is 4.52 Å². The van der Waals surface area contributed by atoms with Gasteiger partial charge in [0.05, 0.1) is 0 Å². The molecule has 5 nitrogen and oxygen atoms in total. The van der Waals surface area contributed by atoms with E-state index in [-0.39, 0.29) is 11.3 Å². The molecule has 2 atom stereocenters. The van der Waals surface area contributed by atoms with Crippen molar-refractivity contribution in [3.05, 3.63) is 35.9 Å². The second-order valence-electron chi connectivity index (χ2n) is 6.26. The molecular formula is C15H18F3N3O2S. The molecule has 0 aliphatic rings. The molecule has 0 saturated carbocycles. The van der Waals surface area contributed by atoms with Crippen molar-refractivity contribution < 1.29 is 22.2 Å². The number of nitrogens with zero attached hydrogens (tertiary/aromatic N) is 2. The number of rotatable bonds is 4. The molecule has 0 aromatic carbocycles. The summed E-state index contributed by atoms with van der Waals surface area (Å²) < 4.78 is 57.9. The maximum absolute atomic E-state index is 12.7. The molecule has 0 amide bonds. The van der Waals surface area contributed by atoms with Crippen LogP contribution in [0, 0.1) is 0 Å². The predicted molar refractivity (Wildman–Crippen MR) is 84.2 cm³/mol. The molecule has 0 saturated heterocycles. The van der Waals surface area contributed by atoms with Crippen molar-refractivity contribution in [1.82, 2.24) is 14.9 Å². The first-order chi connectivity index (χ1) is 11.0. The van der Waals surface area contributed by atoms with E-state index in [2.05, 4.69) is 14.9 Å². The molecule has 2 heterocycles. The van der Waals surface area contributed by atoms with Crippen LogP contribution in [-0.4, -0.2) is 19.4 Å². The van der Waals surface area contributed by atoms with E-state index in [9.17, 15) is 17.7 Å². The zero-order valence-corrected chi connectivity index (χ0v) is 14.5. The minimum absolute atomic E-state index is 0.247. The zero-order chi connectivity index (χ0) is 18.1. The minimum atomic E-state index is -4.53. The van der Waals surface area contributed by atoms with Gasteiger partial charge in [-0.3, -0.25) is 4.98 Å². The lowest BCUT2D eigenvalue weighted by atomic mass is 10.1. The molecule has 9 heteroatoms. The number of alkyl halides is 3. The van der Waals surface area contributed by atoms with E-state index in [0.717, 1.165) is 12.3 Å². The fourth-order valence-electron chi connectivity index (χ4n) is 1.77. The molecule has 0 aliphatic heterocycles. The summed E-state index contributed by atoms with van der Waals surface area (Å²) in [6, 6.07) is 3.44. The number of aromatic nitrogens is 2. The number of pyridine rings is 1. The number of nitrogens with one attached hydrogen (secondary N) is 1. The van der Waals surface area contributed by atoms with Crippen LogP contribution in [0.5, 0.6) is 0 Å². The SMILES string of the molecule is C[C@@H](N[S@@+]([O-])C(C)(C)C)c1cc(-c2ccnc(C(F)(F)F)c2)no1. The maximum atomic E-state index is 12.7. The highest BCUT2D eigenvalue weighted by Gasteiger charge is 2.33. The average molecular weight is 361 g/mol. The standard InChI is InChI=1S/C15H18F3N3O2S/c1-9(21-24(22)14(2,3)4)12-8-11(20-23-12)10-5-6-19-13(7-10)15(16,17)18/h5-9,21H,1-4H3/t9-,24+/m1/s1. The van der Waals surface area contributed by atoms with E-state index >= 15 is 0 Å². The Bertz CT molecular complexity index is 698. The molecule has 0 aliphatic carbocycles. The smallest absolute Gasteiger partial charge is 0.433 e. The molecule has 1 N–H and O–H groups in total. The lowest BCUT2D eigenvalue weighted by Gasteiger charge is -2.25. The highest BCUT2D eigenvalue weighted by Crippen LogP contribution is 2.31. The summed E-state index contributed by atoms with van der Waals surface area (Å²) in [5.74, 6) is 0.382. The van der Waals surface area contributed by atoms with Crippen LogP contribution in [0.2, 0.25) is 0 Å². The second kappa shape index (κ2) is 6.73. The first kappa shape index (κ1) is 18.8. The van der Waals surface area contributed by atoms with Gasteiger partial charge in [-0.05, 0) is 39.8 Å². The summed E-state index contributed by atoms with van der Waals surface area (Å²) in [5, 5.41) is 3.79. The van der Waals surface area contributed by atoms with Gasteiger partial charge < -0.3 is 9.08 Å². The Morgan fingerprint density at radius 2 is 1.92 bits per heavy atom. The number of hydrogen-bond acceptors (Lipinski definition) is 5. The monoisotopic (exact) mass is 361 g/mol. The molecule has 0 radical (unpaired) electrons. The summed E-state index contributed by atoms with van der Waals surface area (Å²) in [6.07, 6.45) is -3.45. The largest absolute Gasteiger partial charge is 0.598 e. The average Bonchev–Trinajstić information content (AvgIpc) is 2.95. The van der Waals surface area contributed by atoms with Gasteiger partial charge in [-0.25, -0.2) is 0 Å². The Kier molecular flexibility index (Phi) is 5.26. The zero-order valence-electron chi connectivity index (χ0n) is 13.6. The molecule has 2 rings (SSSR count). The van der Waals surface area contributed by atoms with Gasteiger partial charge >= 0.3 is 6.18 Å². The van der Waals surface area contributed by atoms with Crippen molar-refractivity contribution in [1.29, 1.82) is 0 Å². The van der Waals surface area contributed by atoms with Crippen LogP contribution in [0.3, 0.4) is 0 Å². The highest BCUT2D eigenvalue weighted by atomic mass is 32.2. The molecule has 0 fully saturated rings. The molecule has 0 unspecified atom stereocenters.